The van der Waals surface area contributed by atoms with Crippen LogP contribution in [0.1, 0.15) is 30.5 Å². The number of methoxy groups -OCH3 is 1. The number of aliphatic hydroxyl groups is 1. The number of aliphatic hydroxyl groups excluding tert-OH is 1. The molecule has 1 amide bonds. The number of para-hydroxylation sites is 1. The van der Waals surface area contributed by atoms with E-state index in [-0.39, 0.29) is 11.3 Å². The number of hydrogen-bond acceptors (Lipinski definition) is 6. The van der Waals surface area contributed by atoms with Crippen molar-refractivity contribution in [1.82, 2.24) is 9.80 Å². The van der Waals surface area contributed by atoms with Gasteiger partial charge in [0.25, 0.3) is 11.7 Å². The third kappa shape index (κ3) is 4.78. The van der Waals surface area contributed by atoms with E-state index in [9.17, 15) is 14.7 Å². The van der Waals surface area contributed by atoms with Crippen LogP contribution in [0.3, 0.4) is 0 Å². The molecule has 1 N–H and O–H groups in total. The van der Waals surface area contributed by atoms with Crippen LogP contribution in [-0.2, 0) is 9.59 Å². The van der Waals surface area contributed by atoms with Crippen molar-refractivity contribution in [3.63, 3.8) is 0 Å². The quantitative estimate of drug-likeness (QED) is 0.367. The molecule has 1 unspecified atom stereocenters. The number of rotatable bonds is 9. The van der Waals surface area contributed by atoms with Gasteiger partial charge in [0.2, 0.25) is 0 Å². The van der Waals surface area contributed by atoms with E-state index in [1.807, 2.05) is 44.1 Å². The van der Waals surface area contributed by atoms with Gasteiger partial charge in [-0.2, -0.15) is 0 Å². The maximum atomic E-state index is 13.1. The average Bonchev–Trinajstić information content (AvgIpc) is 3.03. The molecule has 1 saturated heterocycles. The monoisotopic (exact) mass is 438 g/mol. The van der Waals surface area contributed by atoms with Crippen LogP contribution in [0.25, 0.3) is 5.76 Å². The number of amides is 1. The Kier molecular flexibility index (Phi) is 7.53. The maximum absolute atomic E-state index is 13.1. The molecule has 3 rings (SSSR count). The Morgan fingerprint density at radius 1 is 1.12 bits per heavy atom. The molecular formula is C25H30N2O5. The van der Waals surface area contributed by atoms with Crippen LogP contribution in [0.2, 0.25) is 0 Å². The Bertz CT molecular complexity index is 1010. The number of likely N-dealkylation sites (tertiary alicyclic amines) is 1. The summed E-state index contributed by atoms with van der Waals surface area (Å²) in [7, 11) is 5.46. The molecule has 0 bridgehead atoms. The zero-order chi connectivity index (χ0) is 23.3. The maximum Gasteiger partial charge on any atom is 0.295 e. The van der Waals surface area contributed by atoms with Gasteiger partial charge in [0.05, 0.1) is 25.3 Å². The van der Waals surface area contributed by atoms with Gasteiger partial charge in [-0.25, -0.2) is 0 Å². The highest BCUT2D eigenvalue weighted by Gasteiger charge is 2.46. The fraction of sp³-hybridized carbons (Fsp3) is 0.360. The minimum atomic E-state index is -0.746. The second-order valence-electron chi connectivity index (χ2n) is 7.85. The Balaban J connectivity index is 2.13. The highest BCUT2D eigenvalue weighted by molar-refractivity contribution is 6.46. The first-order valence-corrected chi connectivity index (χ1v) is 10.7. The lowest BCUT2D eigenvalue weighted by Gasteiger charge is -2.27. The standard InChI is InChI=1S/C25H30N2O5/c1-5-32-18-11-8-10-17(16-18)23(28)21-22(19-12-6-7-13-20(19)31-4)27(25(30)24(21)29)15-9-14-26(2)3/h6-8,10-13,16,22,28H,5,9,14-15H2,1-4H3/b23-21+. The van der Waals surface area contributed by atoms with E-state index in [1.165, 1.54) is 4.90 Å². The number of Topliss-reactive ketones (excluding diaryl/α,β-unsaturated/α-hetero) is 1. The molecular weight excluding hydrogens is 408 g/mol. The summed E-state index contributed by atoms with van der Waals surface area (Å²) >= 11 is 0. The predicted octanol–water partition coefficient (Wildman–Crippen LogP) is 3.47. The summed E-state index contributed by atoms with van der Waals surface area (Å²) in [6.07, 6.45) is 0.686. The van der Waals surface area contributed by atoms with Gasteiger partial charge in [0.15, 0.2) is 0 Å². The minimum Gasteiger partial charge on any atom is -0.507 e. The molecule has 0 saturated carbocycles. The number of hydrogen-bond donors (Lipinski definition) is 1. The number of ketones is 1. The summed E-state index contributed by atoms with van der Waals surface area (Å²) in [5.41, 5.74) is 1.13. The average molecular weight is 439 g/mol. The van der Waals surface area contributed by atoms with Crippen LogP contribution in [-0.4, -0.2) is 67.5 Å². The van der Waals surface area contributed by atoms with E-state index in [0.29, 0.717) is 42.2 Å². The summed E-state index contributed by atoms with van der Waals surface area (Å²) in [4.78, 5) is 29.7. The Labute approximate surface area is 188 Å². The second-order valence-corrected chi connectivity index (χ2v) is 7.85. The van der Waals surface area contributed by atoms with Gasteiger partial charge in [-0.1, -0.05) is 30.3 Å². The Morgan fingerprint density at radius 3 is 2.56 bits per heavy atom. The third-order valence-electron chi connectivity index (χ3n) is 5.40. The largest absolute Gasteiger partial charge is 0.507 e. The molecule has 1 heterocycles. The number of carbonyl (C=O) groups excluding carboxylic acids is 2. The van der Waals surface area contributed by atoms with E-state index in [2.05, 4.69) is 0 Å². The summed E-state index contributed by atoms with van der Waals surface area (Å²) in [6, 6.07) is 13.4. The molecule has 0 aliphatic carbocycles. The van der Waals surface area contributed by atoms with Gasteiger partial charge in [-0.05, 0) is 52.2 Å². The summed E-state index contributed by atoms with van der Waals surface area (Å²) in [5.74, 6) is -0.431. The smallest absolute Gasteiger partial charge is 0.295 e. The Hall–Kier alpha value is -3.32. The van der Waals surface area contributed by atoms with Crippen LogP contribution in [0.4, 0.5) is 0 Å². The van der Waals surface area contributed by atoms with Crippen molar-refractivity contribution in [3.8, 4) is 11.5 Å². The van der Waals surface area contributed by atoms with Gasteiger partial charge < -0.3 is 24.4 Å². The molecule has 2 aromatic carbocycles. The molecule has 2 aromatic rings. The minimum absolute atomic E-state index is 0.0537. The molecule has 1 aliphatic rings. The lowest BCUT2D eigenvalue weighted by Crippen LogP contribution is -2.32. The summed E-state index contributed by atoms with van der Waals surface area (Å²) < 4.78 is 11.1. The number of benzene rings is 2. The van der Waals surface area contributed by atoms with Crippen molar-refractivity contribution < 1.29 is 24.2 Å². The highest BCUT2D eigenvalue weighted by atomic mass is 16.5. The van der Waals surface area contributed by atoms with Crippen LogP contribution in [0.5, 0.6) is 11.5 Å². The van der Waals surface area contributed by atoms with E-state index in [0.717, 1.165) is 6.54 Å². The molecule has 32 heavy (non-hydrogen) atoms. The molecule has 1 atom stereocenters. The first-order valence-electron chi connectivity index (χ1n) is 10.7. The molecule has 7 heteroatoms. The first kappa shape index (κ1) is 23.3. The number of ether oxygens (including phenoxy) is 2. The zero-order valence-electron chi connectivity index (χ0n) is 19.0. The normalized spacial score (nSPS) is 17.8. The van der Waals surface area contributed by atoms with Crippen molar-refractivity contribution >= 4 is 17.4 Å². The van der Waals surface area contributed by atoms with Crippen LogP contribution < -0.4 is 9.47 Å². The van der Waals surface area contributed by atoms with Crippen LogP contribution in [0, 0.1) is 0 Å². The molecule has 170 valence electrons. The molecule has 7 nitrogen and oxygen atoms in total. The van der Waals surface area contributed by atoms with Crippen molar-refractivity contribution in [1.29, 1.82) is 0 Å². The fourth-order valence-electron chi connectivity index (χ4n) is 3.94. The molecule has 0 spiro atoms. The molecule has 0 radical (unpaired) electrons. The topological polar surface area (TPSA) is 79.3 Å². The Morgan fingerprint density at radius 2 is 1.88 bits per heavy atom. The van der Waals surface area contributed by atoms with E-state index in [4.69, 9.17) is 9.47 Å². The van der Waals surface area contributed by atoms with Crippen LogP contribution >= 0.6 is 0 Å². The molecule has 1 fully saturated rings. The van der Waals surface area contributed by atoms with Crippen LogP contribution in [0.15, 0.2) is 54.1 Å². The number of carbonyl (C=O) groups is 2. The highest BCUT2D eigenvalue weighted by Crippen LogP contribution is 2.42. The first-order chi connectivity index (χ1) is 15.4. The summed E-state index contributed by atoms with van der Waals surface area (Å²) in [5, 5.41) is 11.2. The van der Waals surface area contributed by atoms with Crippen molar-refractivity contribution in [3.05, 3.63) is 65.2 Å². The SMILES string of the molecule is CCOc1cccc(/C(O)=C2\C(=O)C(=O)N(CCCN(C)C)C2c2ccccc2OC)c1. The molecule has 1 aliphatic heterocycles. The number of nitrogens with zero attached hydrogens (tertiary/aromatic N) is 2. The third-order valence-corrected chi connectivity index (χ3v) is 5.40. The van der Waals surface area contributed by atoms with E-state index >= 15 is 0 Å². The van der Waals surface area contributed by atoms with Gasteiger partial charge >= 0.3 is 0 Å². The predicted molar refractivity (Wildman–Crippen MR) is 123 cm³/mol. The van der Waals surface area contributed by atoms with Crippen molar-refractivity contribution in [2.75, 3.05) is 40.9 Å². The van der Waals surface area contributed by atoms with E-state index < -0.39 is 17.7 Å². The van der Waals surface area contributed by atoms with E-state index in [1.54, 1.807) is 37.4 Å². The lowest BCUT2D eigenvalue weighted by molar-refractivity contribution is -0.140. The van der Waals surface area contributed by atoms with Gasteiger partial charge in [-0.3, -0.25) is 9.59 Å². The van der Waals surface area contributed by atoms with Gasteiger partial charge in [-0.15, -0.1) is 0 Å². The van der Waals surface area contributed by atoms with Crippen molar-refractivity contribution in [2.24, 2.45) is 0 Å². The van der Waals surface area contributed by atoms with Crippen molar-refractivity contribution in [2.45, 2.75) is 19.4 Å². The van der Waals surface area contributed by atoms with Gasteiger partial charge in [0.1, 0.15) is 17.3 Å². The summed E-state index contributed by atoms with van der Waals surface area (Å²) in [6.45, 7) is 3.48. The fourth-order valence-corrected chi connectivity index (χ4v) is 3.94. The second kappa shape index (κ2) is 10.3. The lowest BCUT2D eigenvalue weighted by atomic mass is 9.94. The zero-order valence-corrected chi connectivity index (χ0v) is 19.0. The molecule has 0 aromatic heterocycles. The van der Waals surface area contributed by atoms with Gasteiger partial charge in [0, 0.05) is 17.7 Å².